The third-order valence-electron chi connectivity index (χ3n) is 9.29. The third kappa shape index (κ3) is 1.28. The quantitative estimate of drug-likeness (QED) is 0.542. The molecule has 0 aromatic rings. The van der Waals surface area contributed by atoms with Crippen molar-refractivity contribution in [3.63, 3.8) is 0 Å². The second kappa shape index (κ2) is 4.16. The molecule has 2 bridgehead atoms. The average Bonchev–Trinajstić information content (AvgIpc) is 3.46. The van der Waals surface area contributed by atoms with E-state index in [9.17, 15) is 4.79 Å². The molecule has 9 atom stereocenters. The normalized spacial score (nSPS) is 61.2. The van der Waals surface area contributed by atoms with Gasteiger partial charge in [0.15, 0.2) is 0 Å². The molecular formula is C21H26O6. The number of epoxide rings is 2. The van der Waals surface area contributed by atoms with Crippen LogP contribution in [0.3, 0.4) is 0 Å². The average molecular weight is 374 g/mol. The molecule has 0 radical (unpaired) electrons. The predicted octanol–water partition coefficient (Wildman–Crippen LogP) is 1.76. The molecule has 0 aromatic carbocycles. The molecule has 3 aliphatic carbocycles. The van der Waals surface area contributed by atoms with Crippen molar-refractivity contribution in [3.8, 4) is 0 Å². The minimum atomic E-state index is -0.429. The number of hydrogen-bond acceptors (Lipinski definition) is 6. The fraction of sp³-hybridized carbons (Fsp3) is 0.857. The van der Waals surface area contributed by atoms with Crippen LogP contribution in [0.1, 0.15) is 40.0 Å². The van der Waals surface area contributed by atoms with Gasteiger partial charge >= 0.3 is 5.97 Å². The molecular weight excluding hydrogens is 348 g/mol. The summed E-state index contributed by atoms with van der Waals surface area (Å²) in [4.78, 5) is 12.2. The molecule has 5 heterocycles. The number of carbonyl (C=O) groups excluding carboxylic acids is 1. The van der Waals surface area contributed by atoms with E-state index in [4.69, 9.17) is 23.7 Å². The first-order valence-corrected chi connectivity index (χ1v) is 10.3. The molecule has 27 heavy (non-hydrogen) atoms. The number of fused-ring (bicyclic) bond motifs is 2. The molecule has 8 rings (SSSR count). The largest absolute Gasteiger partial charge is 0.458 e. The zero-order chi connectivity index (χ0) is 18.6. The van der Waals surface area contributed by atoms with Crippen LogP contribution in [0.2, 0.25) is 0 Å². The van der Waals surface area contributed by atoms with E-state index in [0.29, 0.717) is 12.5 Å². The van der Waals surface area contributed by atoms with E-state index < -0.39 is 5.60 Å². The summed E-state index contributed by atoms with van der Waals surface area (Å²) in [6.45, 7) is 7.19. The van der Waals surface area contributed by atoms with Crippen LogP contribution < -0.4 is 0 Å². The first kappa shape index (κ1) is 15.9. The van der Waals surface area contributed by atoms with Crippen LogP contribution >= 0.6 is 0 Å². The molecule has 6 heteroatoms. The van der Waals surface area contributed by atoms with E-state index in [2.05, 4.69) is 20.8 Å². The minimum absolute atomic E-state index is 0.0697. The van der Waals surface area contributed by atoms with Crippen LogP contribution in [0.5, 0.6) is 0 Å². The zero-order valence-corrected chi connectivity index (χ0v) is 16.2. The first-order valence-electron chi connectivity index (χ1n) is 10.3. The lowest BCUT2D eigenvalue weighted by atomic mass is 9.42. The molecule has 5 aliphatic heterocycles. The Hall–Kier alpha value is -0.950. The Kier molecular flexibility index (Phi) is 2.45. The zero-order valence-electron chi connectivity index (χ0n) is 16.2. The SMILES string of the molecule is CO[C@@H]1[C@@]2(C(C)C)O[C@H]2[C@@H]2O[C@@]23[C@@]2(C)CCC4=C(COC4=O)[C@@H]2C2C[C@@]13O2. The van der Waals surface area contributed by atoms with Crippen molar-refractivity contribution in [1.29, 1.82) is 0 Å². The van der Waals surface area contributed by atoms with E-state index >= 15 is 0 Å². The van der Waals surface area contributed by atoms with Crippen molar-refractivity contribution in [2.24, 2.45) is 17.3 Å². The molecule has 0 aromatic heterocycles. The molecule has 6 nitrogen and oxygen atoms in total. The Morgan fingerprint density at radius 1 is 1.19 bits per heavy atom. The van der Waals surface area contributed by atoms with Crippen molar-refractivity contribution < 1.29 is 28.5 Å². The summed E-state index contributed by atoms with van der Waals surface area (Å²) in [7, 11) is 1.79. The Morgan fingerprint density at radius 3 is 2.67 bits per heavy atom. The van der Waals surface area contributed by atoms with Crippen molar-refractivity contribution >= 4 is 5.97 Å². The van der Waals surface area contributed by atoms with Crippen molar-refractivity contribution in [2.75, 3.05) is 13.7 Å². The van der Waals surface area contributed by atoms with Crippen molar-refractivity contribution in [3.05, 3.63) is 11.1 Å². The highest BCUT2D eigenvalue weighted by Crippen LogP contribution is 2.82. The van der Waals surface area contributed by atoms with Gasteiger partial charge in [-0.05, 0) is 24.3 Å². The standard InChI is InChI=1S/C21H26O6/c1-9(2)20-14(26-20)15-21(27-15)18(3)6-5-10-11(8-24-16(10)22)13(18)12-7-19(21,25-12)17(20)23-4/h9,12-15,17H,5-8H2,1-4H3/t12?,13-,14+,15+,17+,18+,19-,20+,21-/m1/s1. The van der Waals surface area contributed by atoms with Gasteiger partial charge in [0.2, 0.25) is 0 Å². The highest BCUT2D eigenvalue weighted by molar-refractivity contribution is 5.92. The van der Waals surface area contributed by atoms with Gasteiger partial charge in [0, 0.05) is 30.4 Å². The maximum absolute atomic E-state index is 12.2. The highest BCUT2D eigenvalue weighted by atomic mass is 16.7. The van der Waals surface area contributed by atoms with Crippen LogP contribution in [0.25, 0.3) is 0 Å². The summed E-state index contributed by atoms with van der Waals surface area (Å²) in [6, 6.07) is 0. The Balaban J connectivity index is 1.40. The van der Waals surface area contributed by atoms with Crippen LogP contribution in [-0.4, -0.2) is 60.9 Å². The van der Waals surface area contributed by atoms with Crippen molar-refractivity contribution in [2.45, 2.75) is 81.3 Å². The van der Waals surface area contributed by atoms with E-state index in [-0.39, 0.29) is 52.9 Å². The minimum Gasteiger partial charge on any atom is -0.458 e. The van der Waals surface area contributed by atoms with Gasteiger partial charge in [-0.3, -0.25) is 0 Å². The Bertz CT molecular complexity index is 827. The van der Waals surface area contributed by atoms with Crippen LogP contribution in [0, 0.1) is 17.3 Å². The molecule has 0 amide bonds. The van der Waals surface area contributed by atoms with Gasteiger partial charge in [-0.15, -0.1) is 0 Å². The molecule has 0 N–H and O–H groups in total. The monoisotopic (exact) mass is 374 g/mol. The fourth-order valence-electron chi connectivity index (χ4n) is 8.24. The van der Waals surface area contributed by atoms with Crippen molar-refractivity contribution in [1.82, 2.24) is 0 Å². The summed E-state index contributed by atoms with van der Waals surface area (Å²) in [5.74, 6) is 0.415. The second-order valence-electron chi connectivity index (χ2n) is 10.2. The summed E-state index contributed by atoms with van der Waals surface area (Å²) in [5, 5.41) is 0. The number of carbonyl (C=O) groups is 1. The maximum atomic E-state index is 12.2. The summed E-state index contributed by atoms with van der Waals surface area (Å²) < 4.78 is 31.3. The van der Waals surface area contributed by atoms with E-state index in [1.807, 2.05) is 0 Å². The molecule has 1 unspecified atom stereocenters. The maximum Gasteiger partial charge on any atom is 0.334 e. The van der Waals surface area contributed by atoms with Gasteiger partial charge in [-0.25, -0.2) is 4.79 Å². The number of ether oxygens (including phenoxy) is 5. The van der Waals surface area contributed by atoms with Gasteiger partial charge < -0.3 is 23.7 Å². The molecule has 2 saturated carbocycles. The van der Waals surface area contributed by atoms with Crippen LogP contribution in [0.4, 0.5) is 0 Å². The predicted molar refractivity (Wildman–Crippen MR) is 91.9 cm³/mol. The molecule has 8 aliphatic rings. The lowest BCUT2D eigenvalue weighted by Gasteiger charge is -2.70. The molecule has 6 fully saturated rings. The number of esters is 1. The third-order valence-corrected chi connectivity index (χ3v) is 9.29. The lowest BCUT2D eigenvalue weighted by Crippen LogP contribution is -2.84. The van der Waals surface area contributed by atoms with E-state index in [1.165, 1.54) is 5.57 Å². The van der Waals surface area contributed by atoms with Gasteiger partial charge in [0.25, 0.3) is 0 Å². The fourth-order valence-corrected chi connectivity index (χ4v) is 8.24. The number of hydrogen-bond donors (Lipinski definition) is 0. The summed E-state index contributed by atoms with van der Waals surface area (Å²) >= 11 is 0. The summed E-state index contributed by atoms with van der Waals surface area (Å²) in [5.41, 5.74) is 0.899. The molecule has 146 valence electrons. The Labute approximate surface area is 158 Å². The number of cyclic esters (lactones) is 1. The topological polar surface area (TPSA) is 69.8 Å². The van der Waals surface area contributed by atoms with Gasteiger partial charge in [0.05, 0.1) is 6.10 Å². The first-order chi connectivity index (χ1) is 12.9. The number of methoxy groups -OCH3 is 1. The van der Waals surface area contributed by atoms with E-state index in [0.717, 1.165) is 24.8 Å². The van der Waals surface area contributed by atoms with Gasteiger partial charge in [-0.2, -0.15) is 0 Å². The number of rotatable bonds is 2. The molecule has 2 spiro atoms. The second-order valence-corrected chi connectivity index (χ2v) is 10.2. The lowest BCUT2D eigenvalue weighted by molar-refractivity contribution is -0.369. The highest BCUT2D eigenvalue weighted by Gasteiger charge is 2.98. The van der Waals surface area contributed by atoms with Crippen LogP contribution in [-0.2, 0) is 28.5 Å². The molecule has 4 saturated heterocycles. The van der Waals surface area contributed by atoms with Gasteiger partial charge in [-0.1, -0.05) is 20.8 Å². The van der Waals surface area contributed by atoms with Crippen LogP contribution in [0.15, 0.2) is 11.1 Å². The smallest absolute Gasteiger partial charge is 0.334 e. The summed E-state index contributed by atoms with van der Waals surface area (Å²) in [6.07, 6.45) is 2.78. The van der Waals surface area contributed by atoms with Gasteiger partial charge in [0.1, 0.15) is 41.7 Å². The Morgan fingerprint density at radius 2 is 1.96 bits per heavy atom. The van der Waals surface area contributed by atoms with E-state index in [1.54, 1.807) is 7.11 Å².